The lowest BCUT2D eigenvalue weighted by Crippen LogP contribution is -2.42. The van der Waals surface area contributed by atoms with Crippen molar-refractivity contribution in [2.45, 2.75) is 0 Å². The molecule has 0 radical (unpaired) electrons. The van der Waals surface area contributed by atoms with Crippen LogP contribution in [-0.4, -0.2) is 27.4 Å². The minimum atomic E-state index is -1.82. The molecule has 0 rings (SSSR count). The molecule has 6 N–H and O–H groups in total. The molecule has 0 aromatic carbocycles. The Labute approximate surface area is 44.1 Å². The van der Waals surface area contributed by atoms with Gasteiger partial charge in [0, 0.05) is 0 Å². The molecule has 0 saturated heterocycles. The molecule has 0 spiro atoms. The molecule has 0 aliphatic rings. The minimum absolute atomic E-state index is 1.82. The summed E-state index contributed by atoms with van der Waals surface area (Å²) < 4.78 is 0. The molecular weight excluding hydrogens is 118 g/mol. The molecule has 48 valence electrons. The summed E-state index contributed by atoms with van der Waals surface area (Å²) in [5.74, 6) is -1.40. The van der Waals surface area contributed by atoms with E-state index >= 15 is 0 Å². The fraction of sp³-hybridized carbons (Fsp3) is 0. The van der Waals surface area contributed by atoms with E-state index in [0.29, 0.717) is 0 Å². The van der Waals surface area contributed by atoms with Crippen molar-refractivity contribution >= 4 is 11.9 Å². The van der Waals surface area contributed by atoms with Crippen LogP contribution in [-0.2, 0) is 9.59 Å². The number of quaternary nitrogens is 1. The van der Waals surface area contributed by atoms with Crippen molar-refractivity contribution in [3.63, 3.8) is 0 Å². The largest absolute Gasteiger partial charge is 0.473 e. The zero-order chi connectivity index (χ0) is 7.15. The highest BCUT2D eigenvalue weighted by Gasteiger charge is 2.04. The van der Waals surface area contributed by atoms with Gasteiger partial charge in [-0.1, -0.05) is 0 Å². The fourth-order valence-corrected chi connectivity index (χ4v) is 0. The Morgan fingerprint density at radius 1 is 1.00 bits per heavy atom. The predicted molar refractivity (Wildman–Crippen MR) is 19.9 cm³/mol. The highest BCUT2D eigenvalue weighted by molar-refractivity contribution is 6.27. The van der Waals surface area contributed by atoms with Crippen LogP contribution in [0.5, 0.6) is 0 Å². The molecule has 0 fully saturated rings. The number of rotatable bonds is 0. The van der Waals surface area contributed by atoms with Gasteiger partial charge in [0.15, 0.2) is 0 Å². The van der Waals surface area contributed by atoms with Crippen LogP contribution in [0, 0.1) is 0 Å². The first-order valence-corrected chi connectivity index (χ1v) is 1.42. The van der Waals surface area contributed by atoms with Gasteiger partial charge in [-0.15, -0.1) is 0 Å². The summed E-state index contributed by atoms with van der Waals surface area (Å²) in [7, 11) is 0. The highest BCUT2D eigenvalue weighted by atomic mass is 16.4. The van der Waals surface area contributed by atoms with Crippen molar-refractivity contribution in [2.24, 2.45) is 0 Å². The summed E-state index contributed by atoms with van der Waals surface area (Å²) in [6.07, 6.45) is 0. The number of carboxylic acid groups (broad SMARTS) is 2. The number of aliphatic carboxylic acids is 2. The Balaban J connectivity index is 0. The van der Waals surface area contributed by atoms with Crippen molar-refractivity contribution in [1.29, 1.82) is 0 Å². The van der Waals surface area contributed by atoms with Gasteiger partial charge in [-0.05, 0) is 0 Å². The van der Waals surface area contributed by atoms with Crippen LogP contribution in [0.3, 0.4) is 0 Å². The lowest BCUT2D eigenvalue weighted by Gasteiger charge is -1.72. The maximum atomic E-state index is 9.10. The Bertz CT molecular complexity index is 76.4. The number of hydrogen-bond donors (Lipinski definition) is 4. The van der Waals surface area contributed by atoms with E-state index in [9.17, 15) is 0 Å². The van der Waals surface area contributed by atoms with Gasteiger partial charge in [0.05, 0.1) is 0 Å². The molecule has 0 aliphatic carbocycles. The molecule has 8 heavy (non-hydrogen) atoms. The van der Waals surface area contributed by atoms with Crippen LogP contribution in [0.2, 0.25) is 0 Å². The average Bonchev–Trinajstić information content (AvgIpc) is 1.72. The Morgan fingerprint density at radius 3 is 1.12 bits per heavy atom. The van der Waals surface area contributed by atoms with Crippen LogP contribution >= 0.6 is 0 Å². The first-order chi connectivity index (χ1) is 3.64. The smallest absolute Gasteiger partial charge is 0.414 e. The van der Waals surface area contributed by atoms with E-state index < -0.39 is 11.9 Å². The highest BCUT2D eigenvalue weighted by Crippen LogP contribution is 1.56. The van der Waals surface area contributed by atoms with Gasteiger partial charge in [-0.25, -0.2) is 20.7 Å². The summed E-state index contributed by atoms with van der Waals surface area (Å²) in [5.41, 5.74) is 0. The van der Waals surface area contributed by atoms with Gasteiger partial charge in [-0.3, -0.25) is 0 Å². The maximum absolute atomic E-state index is 9.10. The third kappa shape index (κ3) is 8.85. The first-order valence-electron chi connectivity index (χ1n) is 1.42. The van der Waals surface area contributed by atoms with Gasteiger partial charge >= 0.3 is 11.9 Å². The predicted octanol–water partition coefficient (Wildman–Crippen LogP) is -2.23. The summed E-state index contributed by atoms with van der Waals surface area (Å²) in [6.45, 7) is 0. The topological polar surface area (TPSA) is 122 Å². The molecule has 0 saturated carbocycles. The third-order valence-corrected chi connectivity index (χ3v) is 0.183. The summed E-state index contributed by atoms with van der Waals surface area (Å²) in [5, 5.41) is 21.5. The quantitative estimate of drug-likeness (QED) is 0.215. The van der Waals surface area contributed by atoms with Gasteiger partial charge in [0.2, 0.25) is 0 Å². The van der Waals surface area contributed by atoms with Crippen molar-refractivity contribution in [3.8, 4) is 0 Å². The van der Waals surface area contributed by atoms with Crippen molar-refractivity contribution in [2.75, 3.05) is 0 Å². The Hall–Kier alpha value is -1.14. The number of hydrogen-bond acceptors (Lipinski definition) is 3. The van der Waals surface area contributed by atoms with E-state index in [1.165, 1.54) is 0 Å². The third-order valence-electron chi connectivity index (χ3n) is 0.183. The molecule has 0 aromatic rings. The maximum Gasteiger partial charge on any atom is 0.414 e. The number of carboxylic acids is 2. The molecule has 6 heteroatoms. The van der Waals surface area contributed by atoms with E-state index in [1.807, 2.05) is 0 Å². The van der Waals surface area contributed by atoms with E-state index in [0.717, 1.165) is 0 Å². The van der Waals surface area contributed by atoms with Crippen LogP contribution in [0.4, 0.5) is 0 Å². The van der Waals surface area contributed by atoms with Crippen molar-refractivity contribution in [3.05, 3.63) is 0 Å². The van der Waals surface area contributed by atoms with E-state index in [4.69, 9.17) is 25.0 Å². The van der Waals surface area contributed by atoms with Gasteiger partial charge in [0.25, 0.3) is 0 Å². The fourth-order valence-electron chi connectivity index (χ4n) is 0. The van der Waals surface area contributed by atoms with E-state index in [2.05, 4.69) is 5.90 Å². The lowest BCUT2D eigenvalue weighted by atomic mass is 10.7. The second-order valence-corrected chi connectivity index (χ2v) is 0.610. The first kappa shape index (κ1) is 9.97. The zero-order valence-electron chi connectivity index (χ0n) is 3.87. The average molecular weight is 124 g/mol. The Kier molecular flexibility index (Phi) is 7.31. The van der Waals surface area contributed by atoms with Crippen LogP contribution in [0.15, 0.2) is 0 Å². The molecule has 0 aliphatic heterocycles. The second kappa shape index (κ2) is 5.86. The van der Waals surface area contributed by atoms with Gasteiger partial charge < -0.3 is 10.2 Å². The van der Waals surface area contributed by atoms with Gasteiger partial charge in [0.1, 0.15) is 0 Å². The molecule has 0 unspecified atom stereocenters. The summed E-state index contributed by atoms with van der Waals surface area (Å²) in [6, 6.07) is 0. The minimum Gasteiger partial charge on any atom is -0.473 e. The molecule has 0 heterocycles. The molecule has 0 bridgehead atoms. The zero-order valence-corrected chi connectivity index (χ0v) is 3.87. The normalized spacial score (nSPS) is 6.25. The molecule has 0 amide bonds. The molecule has 0 aromatic heterocycles. The van der Waals surface area contributed by atoms with Crippen molar-refractivity contribution < 1.29 is 30.9 Å². The molecular formula is C2H6NO5+. The lowest BCUT2D eigenvalue weighted by molar-refractivity contribution is -0.670. The van der Waals surface area contributed by atoms with Crippen LogP contribution < -0.4 is 5.90 Å². The van der Waals surface area contributed by atoms with Crippen LogP contribution in [0.25, 0.3) is 0 Å². The molecule has 0 atom stereocenters. The van der Waals surface area contributed by atoms with E-state index in [1.54, 1.807) is 0 Å². The van der Waals surface area contributed by atoms with E-state index in [-0.39, 0.29) is 0 Å². The Morgan fingerprint density at radius 2 is 1.12 bits per heavy atom. The van der Waals surface area contributed by atoms with Crippen LogP contribution in [0.1, 0.15) is 0 Å². The standard InChI is InChI=1S/C2H2O4.H4NO/c3-1(4)2(5)6;1-2/h(H,3,4)(H,5,6);2H,1H3/q;+1. The van der Waals surface area contributed by atoms with Gasteiger partial charge in [-0.2, -0.15) is 0 Å². The monoisotopic (exact) mass is 124 g/mol. The molecule has 6 nitrogen and oxygen atoms in total. The van der Waals surface area contributed by atoms with Crippen molar-refractivity contribution in [1.82, 2.24) is 0 Å². The summed E-state index contributed by atoms with van der Waals surface area (Å²) >= 11 is 0. The second-order valence-electron chi connectivity index (χ2n) is 0.610. The summed E-state index contributed by atoms with van der Waals surface area (Å²) in [4.78, 5) is 18.2. The number of carbonyl (C=O) groups is 2. The SMILES string of the molecule is O=C(O)C(=O)O.[NH3+]O.